The molecule has 0 spiro atoms. The number of rotatable bonds is 2. The number of aryl methyl sites for hydroxylation is 2. The summed E-state index contributed by atoms with van der Waals surface area (Å²) in [5.74, 6) is 0. The molecular weight excluding hydrogens is 398 g/mol. The summed E-state index contributed by atoms with van der Waals surface area (Å²) in [6.07, 6.45) is 2.46. The van der Waals surface area contributed by atoms with Gasteiger partial charge in [-0.2, -0.15) is 0 Å². The summed E-state index contributed by atoms with van der Waals surface area (Å²) in [7, 11) is 2.15. The highest BCUT2D eigenvalue weighted by molar-refractivity contribution is 8.08. The van der Waals surface area contributed by atoms with Crippen LogP contribution in [-0.4, -0.2) is 19.5 Å². The summed E-state index contributed by atoms with van der Waals surface area (Å²) < 4.78 is 0. The topological polar surface area (TPSA) is 50.9 Å². The van der Waals surface area contributed by atoms with E-state index in [1.807, 2.05) is 17.8 Å². The zero-order chi connectivity index (χ0) is 21.7. The van der Waals surface area contributed by atoms with Crippen LogP contribution in [0.3, 0.4) is 0 Å². The van der Waals surface area contributed by atoms with E-state index in [2.05, 4.69) is 80.4 Å². The third-order valence-electron chi connectivity index (χ3n) is 6.13. The van der Waals surface area contributed by atoms with E-state index < -0.39 is 0 Å². The van der Waals surface area contributed by atoms with Gasteiger partial charge in [0.2, 0.25) is 0 Å². The second-order valence-corrected chi connectivity index (χ2v) is 9.12. The van der Waals surface area contributed by atoms with Crippen LogP contribution < -0.4 is 15.3 Å². The quantitative estimate of drug-likeness (QED) is 0.338. The SMILES string of the molecule is Cc1cc2c(cc1C)N(C)/C(=c1/ccc3cc4cc(=C(C=N)C=N)ccc4cc3c1)S2. The molecule has 1 aliphatic rings. The van der Waals surface area contributed by atoms with Gasteiger partial charge in [-0.05, 0) is 88.1 Å². The van der Waals surface area contributed by atoms with Gasteiger partial charge in [0.15, 0.2) is 0 Å². The Kier molecular flexibility index (Phi) is 4.67. The highest BCUT2D eigenvalue weighted by Crippen LogP contribution is 2.46. The minimum Gasteiger partial charge on any atom is -0.338 e. The zero-order valence-electron chi connectivity index (χ0n) is 17.8. The fourth-order valence-electron chi connectivity index (χ4n) is 4.17. The number of fused-ring (bicyclic) bond motifs is 3. The molecule has 0 saturated heterocycles. The Bertz CT molecular complexity index is 1520. The third-order valence-corrected chi connectivity index (χ3v) is 7.38. The highest BCUT2D eigenvalue weighted by Gasteiger charge is 2.23. The Morgan fingerprint density at radius 1 is 0.774 bits per heavy atom. The first-order chi connectivity index (χ1) is 15.0. The van der Waals surface area contributed by atoms with E-state index in [-0.39, 0.29) is 0 Å². The van der Waals surface area contributed by atoms with Gasteiger partial charge in [0.1, 0.15) is 0 Å². The fourth-order valence-corrected chi connectivity index (χ4v) is 5.40. The number of nitrogens with one attached hydrogen (secondary N) is 2. The van der Waals surface area contributed by atoms with Crippen molar-refractivity contribution in [3.63, 3.8) is 0 Å². The van der Waals surface area contributed by atoms with Crippen LogP contribution in [0.5, 0.6) is 0 Å². The van der Waals surface area contributed by atoms with Crippen LogP contribution in [0.25, 0.3) is 32.1 Å². The first-order valence-electron chi connectivity index (χ1n) is 10.2. The predicted molar refractivity (Wildman–Crippen MR) is 135 cm³/mol. The molecule has 4 aromatic carbocycles. The molecule has 152 valence electrons. The minimum atomic E-state index is 0.611. The lowest BCUT2D eigenvalue weighted by Gasteiger charge is -2.15. The molecule has 0 amide bonds. The molecule has 0 bridgehead atoms. The number of thioether (sulfide) groups is 1. The second-order valence-electron chi connectivity index (χ2n) is 8.09. The molecule has 0 unspecified atom stereocenters. The molecule has 5 rings (SSSR count). The summed E-state index contributed by atoms with van der Waals surface area (Å²) >= 11 is 1.84. The van der Waals surface area contributed by atoms with Crippen LogP contribution in [0.4, 0.5) is 5.69 Å². The van der Waals surface area contributed by atoms with Crippen LogP contribution in [0.1, 0.15) is 11.1 Å². The molecule has 3 nitrogen and oxygen atoms in total. The number of anilines is 1. The molecule has 4 heteroatoms. The Balaban J connectivity index is 1.68. The van der Waals surface area contributed by atoms with Crippen molar-refractivity contribution >= 4 is 62.0 Å². The zero-order valence-corrected chi connectivity index (χ0v) is 18.6. The highest BCUT2D eigenvalue weighted by atomic mass is 32.2. The van der Waals surface area contributed by atoms with E-state index in [9.17, 15) is 0 Å². The molecule has 2 N–H and O–H groups in total. The summed E-state index contributed by atoms with van der Waals surface area (Å²) in [5, 5.41) is 23.1. The van der Waals surface area contributed by atoms with Gasteiger partial charge >= 0.3 is 0 Å². The van der Waals surface area contributed by atoms with E-state index in [4.69, 9.17) is 10.8 Å². The Labute approximate surface area is 185 Å². The Hall–Kier alpha value is -3.37. The molecule has 0 atom stereocenters. The number of hydrogen-bond acceptors (Lipinski definition) is 4. The molecule has 0 aliphatic carbocycles. The number of hydrogen-bond donors (Lipinski definition) is 2. The third kappa shape index (κ3) is 3.24. The maximum atomic E-state index is 7.51. The molecule has 0 saturated carbocycles. The van der Waals surface area contributed by atoms with Crippen molar-refractivity contribution in [2.45, 2.75) is 18.7 Å². The average molecular weight is 422 g/mol. The van der Waals surface area contributed by atoms with Gasteiger partial charge in [-0.1, -0.05) is 36.0 Å². The van der Waals surface area contributed by atoms with Gasteiger partial charge < -0.3 is 15.7 Å². The van der Waals surface area contributed by atoms with Gasteiger partial charge in [-0.25, -0.2) is 0 Å². The van der Waals surface area contributed by atoms with Gasteiger partial charge in [0.05, 0.1) is 10.7 Å². The van der Waals surface area contributed by atoms with Crippen molar-refractivity contribution in [1.29, 1.82) is 10.8 Å². The first kappa shape index (κ1) is 19.6. The standard InChI is InChI=1S/C27H23N3S/c1-16-8-25-26(9-17(16)2)31-27(30(25)3)21-7-6-19-10-22-12-20(24(14-28)15-29)5-4-18(22)11-23(19)13-21/h4-15,28-29H,1-3H3/b24-20?,27-21+,28-14?,29-15?. The van der Waals surface area contributed by atoms with Gasteiger partial charge in [-0.15, -0.1) is 0 Å². The first-order valence-corrected chi connectivity index (χ1v) is 11.1. The van der Waals surface area contributed by atoms with Gasteiger partial charge in [0, 0.05) is 35.2 Å². The van der Waals surface area contributed by atoms with Crippen molar-refractivity contribution in [2.24, 2.45) is 0 Å². The molecule has 4 aromatic rings. The maximum Gasteiger partial charge on any atom is 0.0872 e. The lowest BCUT2D eigenvalue weighted by Crippen LogP contribution is -2.17. The van der Waals surface area contributed by atoms with Crippen LogP contribution in [0, 0.1) is 24.7 Å². The lowest BCUT2D eigenvalue weighted by molar-refractivity contribution is 1.19. The summed E-state index contributed by atoms with van der Waals surface area (Å²) in [4.78, 5) is 3.61. The largest absolute Gasteiger partial charge is 0.338 e. The normalized spacial score (nSPS) is 14.7. The van der Waals surface area contributed by atoms with E-state index in [1.54, 1.807) is 0 Å². The van der Waals surface area contributed by atoms with E-state index in [1.165, 1.54) is 55.2 Å². The van der Waals surface area contributed by atoms with Crippen molar-refractivity contribution in [1.82, 2.24) is 0 Å². The average Bonchev–Trinajstić information content (AvgIpc) is 3.08. The van der Waals surface area contributed by atoms with Crippen molar-refractivity contribution in [3.8, 4) is 0 Å². The van der Waals surface area contributed by atoms with Crippen LogP contribution >= 0.6 is 11.8 Å². The second kappa shape index (κ2) is 7.40. The van der Waals surface area contributed by atoms with E-state index in [0.29, 0.717) is 5.57 Å². The van der Waals surface area contributed by atoms with Crippen LogP contribution in [0.15, 0.2) is 65.6 Å². The molecule has 0 radical (unpaired) electrons. The number of benzene rings is 4. The molecular formula is C27H23N3S. The molecule has 31 heavy (non-hydrogen) atoms. The smallest absolute Gasteiger partial charge is 0.0872 e. The minimum absolute atomic E-state index is 0.611. The molecule has 0 fully saturated rings. The predicted octanol–water partition coefficient (Wildman–Crippen LogP) is 5.37. The molecule has 1 aliphatic heterocycles. The van der Waals surface area contributed by atoms with Crippen LogP contribution in [-0.2, 0) is 0 Å². The van der Waals surface area contributed by atoms with Crippen molar-refractivity contribution in [2.75, 3.05) is 11.9 Å². The van der Waals surface area contributed by atoms with Gasteiger partial charge in [0.25, 0.3) is 0 Å². The van der Waals surface area contributed by atoms with Crippen molar-refractivity contribution < 1.29 is 0 Å². The van der Waals surface area contributed by atoms with Gasteiger partial charge in [-0.3, -0.25) is 0 Å². The summed E-state index contributed by atoms with van der Waals surface area (Å²) in [6.45, 7) is 4.34. The fraction of sp³-hybridized carbons (Fsp3) is 0.111. The lowest BCUT2D eigenvalue weighted by atomic mass is 10.0. The molecule has 1 heterocycles. The summed E-state index contributed by atoms with van der Waals surface area (Å²) in [5.41, 5.74) is 4.54. The Morgan fingerprint density at radius 2 is 1.42 bits per heavy atom. The van der Waals surface area contributed by atoms with Crippen molar-refractivity contribution in [3.05, 3.63) is 82.2 Å². The monoisotopic (exact) mass is 421 g/mol. The van der Waals surface area contributed by atoms with E-state index in [0.717, 1.165) is 16.0 Å². The molecule has 0 aromatic heterocycles. The van der Waals surface area contributed by atoms with E-state index >= 15 is 0 Å². The number of nitrogens with zero attached hydrogens (tertiary/aromatic N) is 1. The maximum absolute atomic E-state index is 7.51. The van der Waals surface area contributed by atoms with Crippen LogP contribution in [0.2, 0.25) is 0 Å². The Morgan fingerprint density at radius 3 is 2.13 bits per heavy atom. The summed E-state index contributed by atoms with van der Waals surface area (Å²) in [6, 6.07) is 21.8.